The largest absolute Gasteiger partial charge is 0.248 e. The smallest absolute Gasteiger partial charge is 0.0735 e. The quantitative estimate of drug-likeness (QED) is 0.663. The van der Waals surface area contributed by atoms with Crippen molar-refractivity contribution < 1.29 is 0 Å². The van der Waals surface area contributed by atoms with E-state index in [1.165, 1.54) is 22.3 Å². The van der Waals surface area contributed by atoms with Crippen LogP contribution in [0.4, 0.5) is 5.69 Å². The van der Waals surface area contributed by atoms with Gasteiger partial charge in [0.2, 0.25) is 0 Å². The van der Waals surface area contributed by atoms with Crippen LogP contribution in [0, 0.1) is 13.8 Å². The molecule has 92 valence electrons. The molecule has 0 amide bonds. The second kappa shape index (κ2) is 4.77. The molecule has 1 aliphatic carbocycles. The van der Waals surface area contributed by atoms with E-state index in [4.69, 9.17) is 4.99 Å². The van der Waals surface area contributed by atoms with E-state index in [0.717, 1.165) is 17.0 Å². The number of allylic oxidation sites excluding steroid dienone is 5. The topological polar surface area (TPSA) is 12.4 Å². The second-order valence-electron chi connectivity index (χ2n) is 4.92. The van der Waals surface area contributed by atoms with Gasteiger partial charge in [0.05, 0.1) is 11.4 Å². The fourth-order valence-corrected chi connectivity index (χ4v) is 2.06. The molecule has 0 aromatic heterocycles. The first kappa shape index (κ1) is 12.6. The minimum absolute atomic E-state index is 0.984. The highest BCUT2D eigenvalue weighted by molar-refractivity contribution is 6.16. The van der Waals surface area contributed by atoms with E-state index in [1.54, 1.807) is 0 Å². The highest BCUT2D eigenvalue weighted by Crippen LogP contribution is 2.25. The molecule has 0 unspecified atom stereocenters. The lowest BCUT2D eigenvalue weighted by Gasteiger charge is -2.15. The maximum atomic E-state index is 4.78. The lowest BCUT2D eigenvalue weighted by Crippen LogP contribution is -2.07. The van der Waals surface area contributed by atoms with Gasteiger partial charge in [-0.25, -0.2) is 4.99 Å². The van der Waals surface area contributed by atoms with E-state index in [9.17, 15) is 0 Å². The molecule has 0 radical (unpaired) electrons. The van der Waals surface area contributed by atoms with Crippen LogP contribution >= 0.6 is 0 Å². The Balaban J connectivity index is 2.50. The van der Waals surface area contributed by atoms with Crippen molar-refractivity contribution in [2.45, 2.75) is 27.7 Å². The summed E-state index contributed by atoms with van der Waals surface area (Å²) in [6, 6.07) is 6.33. The van der Waals surface area contributed by atoms with Crippen LogP contribution < -0.4 is 0 Å². The van der Waals surface area contributed by atoms with Crippen molar-refractivity contribution in [2.75, 3.05) is 0 Å². The molecule has 18 heavy (non-hydrogen) atoms. The van der Waals surface area contributed by atoms with Crippen molar-refractivity contribution in [3.8, 4) is 0 Å². The molecule has 1 aromatic rings. The Hall–Kier alpha value is -1.89. The zero-order valence-corrected chi connectivity index (χ0v) is 11.5. The number of nitrogens with zero attached hydrogens (tertiary/aromatic N) is 1. The van der Waals surface area contributed by atoms with Crippen LogP contribution in [-0.4, -0.2) is 5.71 Å². The summed E-state index contributed by atoms with van der Waals surface area (Å²) in [5, 5.41) is 0. The molecule has 0 fully saturated rings. The summed E-state index contributed by atoms with van der Waals surface area (Å²) in [5.41, 5.74) is 7.95. The molecule has 0 N–H and O–H groups in total. The Labute approximate surface area is 109 Å². The van der Waals surface area contributed by atoms with Crippen LogP contribution in [0.5, 0.6) is 0 Å². The normalized spacial score (nSPS) is 17.8. The predicted octanol–water partition coefficient (Wildman–Crippen LogP) is 4.84. The van der Waals surface area contributed by atoms with Gasteiger partial charge in [-0.15, -0.1) is 0 Å². The zero-order valence-electron chi connectivity index (χ0n) is 11.5. The third-order valence-electron chi connectivity index (χ3n) is 3.37. The van der Waals surface area contributed by atoms with E-state index in [-0.39, 0.29) is 0 Å². The summed E-state index contributed by atoms with van der Waals surface area (Å²) in [6.45, 7) is 12.5. The Morgan fingerprint density at radius 2 is 1.72 bits per heavy atom. The van der Waals surface area contributed by atoms with Gasteiger partial charge >= 0.3 is 0 Å². The first-order valence-corrected chi connectivity index (χ1v) is 6.20. The van der Waals surface area contributed by atoms with Crippen LogP contribution in [-0.2, 0) is 0 Å². The molecule has 0 atom stereocenters. The van der Waals surface area contributed by atoms with E-state index < -0.39 is 0 Å². The lowest BCUT2D eigenvalue weighted by atomic mass is 9.94. The number of hydrogen-bond donors (Lipinski definition) is 0. The van der Waals surface area contributed by atoms with Crippen LogP contribution in [0.1, 0.15) is 25.0 Å². The van der Waals surface area contributed by atoms with Crippen molar-refractivity contribution in [1.82, 2.24) is 0 Å². The summed E-state index contributed by atoms with van der Waals surface area (Å²) in [7, 11) is 0. The van der Waals surface area contributed by atoms with Gasteiger partial charge in [0.1, 0.15) is 0 Å². The maximum Gasteiger partial charge on any atom is 0.0735 e. The standard InChI is InChI=1S/C17H19N/c1-11-6-9-16(14(4)10-11)18-17-13(3)8-7-12(2)15(17)5/h6-10H,3H2,1-2,4-5H3. The fraction of sp³-hybridized carbons (Fsp3) is 0.235. The number of aryl methyl sites for hydroxylation is 2. The molecule has 0 saturated heterocycles. The lowest BCUT2D eigenvalue weighted by molar-refractivity contribution is 1.32. The molecule has 1 aliphatic rings. The molecule has 2 rings (SSSR count). The minimum Gasteiger partial charge on any atom is -0.248 e. The molecule has 1 aromatic carbocycles. The number of hydrogen-bond acceptors (Lipinski definition) is 1. The summed E-state index contributed by atoms with van der Waals surface area (Å²) in [4.78, 5) is 4.78. The van der Waals surface area contributed by atoms with Crippen LogP contribution in [0.15, 0.2) is 58.6 Å². The number of benzene rings is 1. The molecular weight excluding hydrogens is 218 g/mol. The first-order chi connectivity index (χ1) is 8.49. The minimum atomic E-state index is 0.984. The van der Waals surface area contributed by atoms with Crippen molar-refractivity contribution in [1.29, 1.82) is 0 Å². The molecule has 0 bridgehead atoms. The molecule has 0 aliphatic heterocycles. The fourth-order valence-electron chi connectivity index (χ4n) is 2.06. The highest BCUT2D eigenvalue weighted by Gasteiger charge is 2.12. The second-order valence-corrected chi connectivity index (χ2v) is 4.92. The summed E-state index contributed by atoms with van der Waals surface area (Å²) in [6.07, 6.45) is 4.13. The average molecular weight is 237 g/mol. The van der Waals surface area contributed by atoms with Gasteiger partial charge in [-0.05, 0) is 56.0 Å². The number of aliphatic imine (C=N–C) groups is 1. The van der Waals surface area contributed by atoms with Gasteiger partial charge in [0, 0.05) is 0 Å². The Kier molecular flexibility index (Phi) is 3.33. The molecule has 1 nitrogen and oxygen atoms in total. The van der Waals surface area contributed by atoms with Gasteiger partial charge in [-0.3, -0.25) is 0 Å². The van der Waals surface area contributed by atoms with Crippen molar-refractivity contribution >= 4 is 11.4 Å². The van der Waals surface area contributed by atoms with Crippen molar-refractivity contribution in [2.24, 2.45) is 4.99 Å². The summed E-state index contributed by atoms with van der Waals surface area (Å²) >= 11 is 0. The molecule has 0 heterocycles. The maximum absolute atomic E-state index is 4.78. The van der Waals surface area contributed by atoms with E-state index >= 15 is 0 Å². The van der Waals surface area contributed by atoms with Crippen LogP contribution in [0.2, 0.25) is 0 Å². The number of rotatable bonds is 1. The average Bonchev–Trinajstić information content (AvgIpc) is 2.32. The van der Waals surface area contributed by atoms with E-state index in [2.05, 4.69) is 58.5 Å². The summed E-state index contributed by atoms with van der Waals surface area (Å²) < 4.78 is 0. The van der Waals surface area contributed by atoms with E-state index in [0.29, 0.717) is 0 Å². The van der Waals surface area contributed by atoms with Crippen LogP contribution in [0.3, 0.4) is 0 Å². The highest BCUT2D eigenvalue weighted by atomic mass is 14.8. The molecule has 1 heteroatoms. The zero-order chi connectivity index (χ0) is 13.3. The SMILES string of the molecule is C=C1C=CC(C)=C(C)C1=Nc1ccc(C)cc1C. The van der Waals surface area contributed by atoms with Gasteiger partial charge < -0.3 is 0 Å². The third kappa shape index (κ3) is 2.35. The van der Waals surface area contributed by atoms with Gasteiger partial charge in [0.15, 0.2) is 0 Å². The Morgan fingerprint density at radius 3 is 2.39 bits per heavy atom. The van der Waals surface area contributed by atoms with Gasteiger partial charge in [-0.1, -0.05) is 36.4 Å². The Morgan fingerprint density at radius 1 is 1.00 bits per heavy atom. The van der Waals surface area contributed by atoms with Gasteiger partial charge in [-0.2, -0.15) is 0 Å². The predicted molar refractivity (Wildman–Crippen MR) is 79.7 cm³/mol. The molecule has 0 saturated carbocycles. The monoisotopic (exact) mass is 237 g/mol. The van der Waals surface area contributed by atoms with Crippen molar-refractivity contribution in [3.63, 3.8) is 0 Å². The van der Waals surface area contributed by atoms with E-state index in [1.807, 2.05) is 6.08 Å². The van der Waals surface area contributed by atoms with Gasteiger partial charge in [0.25, 0.3) is 0 Å². The first-order valence-electron chi connectivity index (χ1n) is 6.20. The third-order valence-corrected chi connectivity index (χ3v) is 3.37. The van der Waals surface area contributed by atoms with Crippen LogP contribution in [0.25, 0.3) is 0 Å². The molecule has 0 spiro atoms. The van der Waals surface area contributed by atoms with Crippen molar-refractivity contribution in [3.05, 3.63) is 64.8 Å². The Bertz CT molecular complexity index is 598. The molecular formula is C17H19N. The summed E-state index contributed by atoms with van der Waals surface area (Å²) in [5.74, 6) is 0.